The molecule has 0 radical (unpaired) electrons. The first kappa shape index (κ1) is 28.7. The normalized spacial score (nSPS) is 15.0. The fourth-order valence-corrected chi connectivity index (χ4v) is 7.41. The standard InChI is InChI=1S/C38H30O8/c39-25-5-9-29(33(43)17-25)37(30-10-6-26(40)18-34(30)44)13-14-38(31-11-7-27(41)19-35(31)45,32-12-8-28(42)20-36(32)46)24-4-2-22-16-23(37)3-1-21(22)15-24/h1-12,15-20,39-46H,13-14H2. The predicted molar refractivity (Wildman–Crippen MR) is 172 cm³/mol. The summed E-state index contributed by atoms with van der Waals surface area (Å²) >= 11 is 0. The molecule has 8 heteroatoms. The van der Waals surface area contributed by atoms with E-state index in [0.29, 0.717) is 33.4 Å². The highest BCUT2D eigenvalue weighted by atomic mass is 16.3. The van der Waals surface area contributed by atoms with Crippen LogP contribution in [0.3, 0.4) is 0 Å². The Labute approximate surface area is 263 Å². The van der Waals surface area contributed by atoms with E-state index in [4.69, 9.17) is 0 Å². The first-order valence-electron chi connectivity index (χ1n) is 14.7. The maximum atomic E-state index is 11.5. The molecule has 6 aromatic carbocycles. The minimum atomic E-state index is -1.32. The van der Waals surface area contributed by atoms with Crippen LogP contribution in [0.15, 0.2) is 109 Å². The van der Waals surface area contributed by atoms with Crippen LogP contribution >= 0.6 is 0 Å². The van der Waals surface area contributed by atoms with Crippen molar-refractivity contribution in [1.29, 1.82) is 0 Å². The highest BCUT2D eigenvalue weighted by molar-refractivity contribution is 5.86. The van der Waals surface area contributed by atoms with Gasteiger partial charge in [-0.25, -0.2) is 0 Å². The van der Waals surface area contributed by atoms with Crippen molar-refractivity contribution in [3.8, 4) is 46.0 Å². The van der Waals surface area contributed by atoms with Crippen molar-refractivity contribution in [2.24, 2.45) is 0 Å². The highest BCUT2D eigenvalue weighted by Gasteiger charge is 2.47. The van der Waals surface area contributed by atoms with Crippen LogP contribution in [0.5, 0.6) is 46.0 Å². The molecule has 3 aliphatic carbocycles. The number of aromatic hydroxyl groups is 8. The molecule has 0 saturated carbocycles. The summed E-state index contributed by atoms with van der Waals surface area (Å²) in [4.78, 5) is 0. The molecule has 0 aromatic heterocycles. The molecule has 0 fully saturated rings. The molecule has 4 bridgehead atoms. The summed E-state index contributed by atoms with van der Waals surface area (Å²) in [5, 5.41) is 88.6. The Bertz CT molecular complexity index is 1910. The lowest BCUT2D eigenvalue weighted by atomic mass is 9.59. The number of benzene rings is 6. The maximum absolute atomic E-state index is 11.5. The summed E-state index contributed by atoms with van der Waals surface area (Å²) in [5.41, 5.74) is 0.185. The lowest BCUT2D eigenvalue weighted by Gasteiger charge is -2.43. The average molecular weight is 615 g/mol. The van der Waals surface area contributed by atoms with Crippen molar-refractivity contribution in [3.63, 3.8) is 0 Å². The van der Waals surface area contributed by atoms with Gasteiger partial charge in [0.2, 0.25) is 0 Å². The second kappa shape index (κ2) is 10.3. The topological polar surface area (TPSA) is 162 Å². The second-order valence-corrected chi connectivity index (χ2v) is 11.9. The zero-order chi connectivity index (χ0) is 32.4. The van der Waals surface area contributed by atoms with Gasteiger partial charge in [0, 0.05) is 46.5 Å². The summed E-state index contributed by atoms with van der Waals surface area (Å²) in [6, 6.07) is 28.7. The van der Waals surface area contributed by atoms with Crippen LogP contribution in [0, 0.1) is 0 Å². The molecule has 9 rings (SSSR count). The third-order valence-electron chi connectivity index (χ3n) is 9.47. The molecule has 0 atom stereocenters. The number of hydrogen-bond acceptors (Lipinski definition) is 8. The number of fused-ring (bicyclic) bond motifs is 2. The van der Waals surface area contributed by atoms with Crippen molar-refractivity contribution >= 4 is 10.8 Å². The van der Waals surface area contributed by atoms with Gasteiger partial charge >= 0.3 is 0 Å². The van der Waals surface area contributed by atoms with E-state index in [1.54, 1.807) is 24.3 Å². The van der Waals surface area contributed by atoms with E-state index in [2.05, 4.69) is 0 Å². The molecule has 3 aliphatic rings. The zero-order valence-electron chi connectivity index (χ0n) is 24.4. The Morgan fingerprint density at radius 2 is 0.609 bits per heavy atom. The van der Waals surface area contributed by atoms with Gasteiger partial charge in [0.1, 0.15) is 46.0 Å². The number of rotatable bonds is 4. The lowest BCUT2D eigenvalue weighted by Crippen LogP contribution is -2.36. The van der Waals surface area contributed by atoms with Crippen LogP contribution in [0.4, 0.5) is 0 Å². The Morgan fingerprint density at radius 1 is 0.326 bits per heavy atom. The van der Waals surface area contributed by atoms with E-state index >= 15 is 0 Å². The van der Waals surface area contributed by atoms with Gasteiger partial charge in [-0.3, -0.25) is 0 Å². The maximum Gasteiger partial charge on any atom is 0.123 e. The Morgan fingerprint density at radius 3 is 0.870 bits per heavy atom. The molecule has 0 unspecified atom stereocenters. The predicted octanol–water partition coefficient (Wildman–Crippen LogP) is 6.95. The van der Waals surface area contributed by atoms with Crippen LogP contribution in [0.1, 0.15) is 46.2 Å². The van der Waals surface area contributed by atoms with Crippen molar-refractivity contribution < 1.29 is 40.9 Å². The summed E-state index contributed by atoms with van der Waals surface area (Å²) in [7, 11) is 0. The van der Waals surface area contributed by atoms with E-state index in [0.717, 1.165) is 10.8 Å². The number of phenolic OH excluding ortho intramolecular Hbond substituents is 8. The van der Waals surface area contributed by atoms with Crippen molar-refractivity contribution in [2.45, 2.75) is 23.7 Å². The van der Waals surface area contributed by atoms with Crippen LogP contribution in [-0.4, -0.2) is 40.9 Å². The third-order valence-corrected chi connectivity index (χ3v) is 9.47. The molecule has 0 heterocycles. The van der Waals surface area contributed by atoms with E-state index in [-0.39, 0.29) is 58.8 Å². The fraction of sp³-hybridized carbons (Fsp3) is 0.105. The van der Waals surface area contributed by atoms with Crippen molar-refractivity contribution in [2.75, 3.05) is 0 Å². The van der Waals surface area contributed by atoms with Gasteiger partial charge in [-0.15, -0.1) is 0 Å². The number of hydrogen-bond donors (Lipinski definition) is 8. The minimum Gasteiger partial charge on any atom is -0.508 e. The molecule has 0 aliphatic heterocycles. The molecule has 230 valence electrons. The molecule has 0 saturated heterocycles. The number of phenols is 8. The van der Waals surface area contributed by atoms with Crippen LogP contribution in [-0.2, 0) is 10.8 Å². The third kappa shape index (κ3) is 4.22. The van der Waals surface area contributed by atoms with E-state index in [9.17, 15) is 40.9 Å². The summed E-state index contributed by atoms with van der Waals surface area (Å²) < 4.78 is 0. The Hall–Kier alpha value is -6.02. The molecular weight excluding hydrogens is 584 g/mol. The molecule has 46 heavy (non-hydrogen) atoms. The molecule has 0 amide bonds. The molecule has 8 N–H and O–H groups in total. The van der Waals surface area contributed by atoms with E-state index < -0.39 is 10.8 Å². The van der Waals surface area contributed by atoms with Crippen molar-refractivity contribution in [1.82, 2.24) is 0 Å². The van der Waals surface area contributed by atoms with Gasteiger partial charge in [0.05, 0.1) is 10.8 Å². The fourth-order valence-electron chi connectivity index (χ4n) is 7.41. The molecule has 0 spiro atoms. The lowest BCUT2D eigenvalue weighted by molar-refractivity contribution is 0.378. The van der Waals surface area contributed by atoms with E-state index in [1.807, 2.05) is 36.4 Å². The minimum absolute atomic E-state index is 0.133. The smallest absolute Gasteiger partial charge is 0.123 e. The SMILES string of the molecule is Oc1ccc(C2(c3ccc(O)cc3O)CCC(c3ccc(O)cc3O)(c3ccc(O)cc3O)c3ccc4cc2ccc4c3)c(O)c1. The Kier molecular flexibility index (Phi) is 6.42. The average Bonchev–Trinajstić information content (AvgIpc) is 3.01. The quantitative estimate of drug-likeness (QED) is 0.106. The summed E-state index contributed by atoms with van der Waals surface area (Å²) in [6.45, 7) is 0. The van der Waals surface area contributed by atoms with Crippen LogP contribution in [0.25, 0.3) is 10.8 Å². The largest absolute Gasteiger partial charge is 0.508 e. The van der Waals surface area contributed by atoms with E-state index in [1.165, 1.54) is 48.5 Å². The second-order valence-electron chi connectivity index (χ2n) is 11.9. The zero-order valence-corrected chi connectivity index (χ0v) is 24.4. The molecular formula is C38H30O8. The van der Waals surface area contributed by atoms with Gasteiger partial charge < -0.3 is 40.9 Å². The molecule has 8 nitrogen and oxygen atoms in total. The van der Waals surface area contributed by atoms with Gasteiger partial charge in [0.25, 0.3) is 0 Å². The molecule has 6 aromatic rings. The van der Waals surface area contributed by atoms with Crippen molar-refractivity contribution in [3.05, 3.63) is 143 Å². The van der Waals surface area contributed by atoms with Gasteiger partial charge in [-0.05, 0) is 71.1 Å². The summed E-state index contributed by atoms with van der Waals surface area (Å²) in [5.74, 6) is -1.56. The monoisotopic (exact) mass is 614 g/mol. The van der Waals surface area contributed by atoms with Gasteiger partial charge in [0.15, 0.2) is 0 Å². The van der Waals surface area contributed by atoms with Gasteiger partial charge in [-0.1, -0.05) is 48.5 Å². The first-order chi connectivity index (χ1) is 22.0. The Balaban J connectivity index is 1.66. The van der Waals surface area contributed by atoms with Crippen LogP contribution in [0.2, 0.25) is 0 Å². The first-order valence-corrected chi connectivity index (χ1v) is 14.7. The highest BCUT2D eigenvalue weighted by Crippen LogP contribution is 2.57. The summed E-state index contributed by atoms with van der Waals surface area (Å²) in [6.07, 6.45) is 0.266. The van der Waals surface area contributed by atoms with Gasteiger partial charge in [-0.2, -0.15) is 0 Å². The van der Waals surface area contributed by atoms with Crippen LogP contribution < -0.4 is 0 Å².